The van der Waals surface area contributed by atoms with Gasteiger partial charge in [-0.05, 0) is 42.8 Å². The predicted molar refractivity (Wildman–Crippen MR) is 84.7 cm³/mol. The average molecular weight is 310 g/mol. The molecule has 0 aliphatic rings. The molecular formula is C16H17Cl2NO. The van der Waals surface area contributed by atoms with E-state index in [9.17, 15) is 0 Å². The van der Waals surface area contributed by atoms with E-state index < -0.39 is 0 Å². The van der Waals surface area contributed by atoms with Crippen LogP contribution in [0.5, 0.6) is 5.75 Å². The van der Waals surface area contributed by atoms with Crippen LogP contribution in [-0.2, 0) is 6.54 Å². The number of rotatable bonds is 5. The van der Waals surface area contributed by atoms with Gasteiger partial charge < -0.3 is 10.1 Å². The summed E-state index contributed by atoms with van der Waals surface area (Å²) in [6.45, 7) is 2.78. The summed E-state index contributed by atoms with van der Waals surface area (Å²) in [6.07, 6.45) is 0. The Hall–Kier alpha value is -1.22. The summed E-state index contributed by atoms with van der Waals surface area (Å²) in [5.41, 5.74) is 2.19. The van der Waals surface area contributed by atoms with Crippen molar-refractivity contribution in [3.05, 3.63) is 63.6 Å². The van der Waals surface area contributed by atoms with E-state index >= 15 is 0 Å². The van der Waals surface area contributed by atoms with Gasteiger partial charge in [-0.1, -0.05) is 35.3 Å². The van der Waals surface area contributed by atoms with Gasteiger partial charge in [0.15, 0.2) is 0 Å². The maximum atomic E-state index is 6.03. The van der Waals surface area contributed by atoms with E-state index in [1.54, 1.807) is 7.11 Å². The number of methoxy groups -OCH3 is 1. The summed E-state index contributed by atoms with van der Waals surface area (Å²) >= 11 is 12.0. The molecule has 4 heteroatoms. The highest BCUT2D eigenvalue weighted by atomic mass is 35.5. The van der Waals surface area contributed by atoms with Gasteiger partial charge in [0.2, 0.25) is 0 Å². The molecule has 1 atom stereocenters. The Labute approximate surface area is 129 Å². The molecule has 0 heterocycles. The minimum Gasteiger partial charge on any atom is -0.496 e. The van der Waals surface area contributed by atoms with Gasteiger partial charge in [-0.15, -0.1) is 0 Å². The lowest BCUT2D eigenvalue weighted by atomic mass is 10.1. The summed E-state index contributed by atoms with van der Waals surface area (Å²) in [6, 6.07) is 13.7. The summed E-state index contributed by atoms with van der Waals surface area (Å²) in [5.74, 6) is 0.834. The first kappa shape index (κ1) is 15.2. The van der Waals surface area contributed by atoms with E-state index in [-0.39, 0.29) is 6.04 Å². The van der Waals surface area contributed by atoms with Crippen molar-refractivity contribution in [2.24, 2.45) is 0 Å². The Balaban J connectivity index is 2.06. The molecule has 1 unspecified atom stereocenters. The zero-order valence-electron chi connectivity index (χ0n) is 11.5. The first-order valence-electron chi connectivity index (χ1n) is 6.41. The van der Waals surface area contributed by atoms with Gasteiger partial charge in [-0.25, -0.2) is 0 Å². The molecular weight excluding hydrogens is 293 g/mol. The third-order valence-electron chi connectivity index (χ3n) is 3.19. The molecule has 0 amide bonds. The molecule has 106 valence electrons. The molecule has 0 saturated carbocycles. The van der Waals surface area contributed by atoms with Crippen molar-refractivity contribution in [1.82, 2.24) is 5.32 Å². The Bertz CT molecular complexity index is 586. The normalized spacial score (nSPS) is 12.2. The largest absolute Gasteiger partial charge is 0.496 e. The van der Waals surface area contributed by atoms with E-state index in [0.29, 0.717) is 11.6 Å². The minimum atomic E-state index is 0.192. The summed E-state index contributed by atoms with van der Waals surface area (Å²) < 4.78 is 5.34. The predicted octanol–water partition coefficient (Wildman–Crippen LogP) is 4.85. The van der Waals surface area contributed by atoms with Gasteiger partial charge >= 0.3 is 0 Å². The molecule has 0 fully saturated rings. The van der Waals surface area contributed by atoms with Crippen LogP contribution in [0.4, 0.5) is 0 Å². The molecule has 0 aliphatic heterocycles. The maximum absolute atomic E-state index is 6.03. The lowest BCUT2D eigenvalue weighted by molar-refractivity contribution is 0.406. The number of hydrogen-bond acceptors (Lipinski definition) is 2. The van der Waals surface area contributed by atoms with E-state index in [4.69, 9.17) is 27.9 Å². The van der Waals surface area contributed by atoms with Crippen molar-refractivity contribution in [3.63, 3.8) is 0 Å². The Morgan fingerprint density at radius 3 is 2.55 bits per heavy atom. The fraction of sp³-hybridized carbons (Fsp3) is 0.250. The first-order chi connectivity index (χ1) is 9.60. The average Bonchev–Trinajstić information content (AvgIpc) is 2.45. The lowest BCUT2D eigenvalue weighted by Gasteiger charge is -2.16. The Morgan fingerprint density at radius 1 is 1.10 bits per heavy atom. The van der Waals surface area contributed by atoms with Crippen molar-refractivity contribution in [2.75, 3.05) is 7.11 Å². The minimum absolute atomic E-state index is 0.192. The molecule has 0 spiro atoms. The van der Waals surface area contributed by atoms with Crippen molar-refractivity contribution in [3.8, 4) is 5.75 Å². The quantitative estimate of drug-likeness (QED) is 0.852. The lowest BCUT2D eigenvalue weighted by Crippen LogP contribution is -2.18. The highest BCUT2D eigenvalue weighted by Gasteiger charge is 2.08. The molecule has 0 aliphatic carbocycles. The summed E-state index contributed by atoms with van der Waals surface area (Å²) in [4.78, 5) is 0. The number of benzene rings is 2. The highest BCUT2D eigenvalue weighted by molar-refractivity contribution is 6.30. The van der Waals surface area contributed by atoms with Crippen molar-refractivity contribution < 1.29 is 4.74 Å². The molecule has 2 rings (SSSR count). The fourth-order valence-corrected chi connectivity index (χ4v) is 2.44. The van der Waals surface area contributed by atoms with E-state index in [0.717, 1.165) is 21.9 Å². The second kappa shape index (κ2) is 6.98. The van der Waals surface area contributed by atoms with Gasteiger partial charge in [0.05, 0.1) is 7.11 Å². The van der Waals surface area contributed by atoms with Crippen molar-refractivity contribution >= 4 is 23.2 Å². The van der Waals surface area contributed by atoms with Crippen LogP contribution in [0.3, 0.4) is 0 Å². The number of nitrogens with one attached hydrogen (secondary N) is 1. The maximum Gasteiger partial charge on any atom is 0.123 e. The van der Waals surface area contributed by atoms with Crippen LogP contribution in [-0.4, -0.2) is 7.11 Å². The van der Waals surface area contributed by atoms with Crippen LogP contribution in [0, 0.1) is 0 Å². The standard InChI is InChI=1S/C16H17Cl2NO/c1-11(12-4-3-5-14(17)8-12)19-10-13-9-15(18)6-7-16(13)20-2/h3-9,11,19H,10H2,1-2H3. The molecule has 2 aromatic carbocycles. The zero-order valence-corrected chi connectivity index (χ0v) is 13.0. The van der Waals surface area contributed by atoms with Crippen LogP contribution < -0.4 is 10.1 Å². The van der Waals surface area contributed by atoms with Crippen LogP contribution >= 0.6 is 23.2 Å². The van der Waals surface area contributed by atoms with E-state index in [2.05, 4.69) is 18.3 Å². The van der Waals surface area contributed by atoms with Crippen LogP contribution in [0.1, 0.15) is 24.1 Å². The zero-order chi connectivity index (χ0) is 14.5. The van der Waals surface area contributed by atoms with Gasteiger partial charge in [-0.3, -0.25) is 0 Å². The van der Waals surface area contributed by atoms with Crippen molar-refractivity contribution in [2.45, 2.75) is 19.5 Å². The molecule has 0 radical (unpaired) electrons. The Morgan fingerprint density at radius 2 is 1.85 bits per heavy atom. The topological polar surface area (TPSA) is 21.3 Å². The van der Waals surface area contributed by atoms with Crippen molar-refractivity contribution in [1.29, 1.82) is 0 Å². The first-order valence-corrected chi connectivity index (χ1v) is 7.17. The third kappa shape index (κ3) is 3.89. The third-order valence-corrected chi connectivity index (χ3v) is 3.66. The second-order valence-corrected chi connectivity index (χ2v) is 5.49. The SMILES string of the molecule is COc1ccc(Cl)cc1CNC(C)c1cccc(Cl)c1. The van der Waals surface area contributed by atoms with Crippen LogP contribution in [0.25, 0.3) is 0 Å². The highest BCUT2D eigenvalue weighted by Crippen LogP contribution is 2.24. The molecule has 2 aromatic rings. The van der Waals surface area contributed by atoms with Gasteiger partial charge in [0.1, 0.15) is 5.75 Å². The molecule has 2 nitrogen and oxygen atoms in total. The van der Waals surface area contributed by atoms with E-state index in [1.165, 1.54) is 0 Å². The van der Waals surface area contributed by atoms with Gasteiger partial charge in [0, 0.05) is 28.2 Å². The molecule has 0 bridgehead atoms. The smallest absolute Gasteiger partial charge is 0.123 e. The van der Waals surface area contributed by atoms with Crippen LogP contribution in [0.2, 0.25) is 10.0 Å². The molecule has 0 saturated heterocycles. The molecule has 1 N–H and O–H groups in total. The Kier molecular flexibility index (Phi) is 5.30. The fourth-order valence-electron chi connectivity index (χ4n) is 2.04. The van der Waals surface area contributed by atoms with Crippen LogP contribution in [0.15, 0.2) is 42.5 Å². The summed E-state index contributed by atoms with van der Waals surface area (Å²) in [5, 5.41) is 4.90. The molecule has 0 aromatic heterocycles. The summed E-state index contributed by atoms with van der Waals surface area (Å²) in [7, 11) is 1.66. The van der Waals surface area contributed by atoms with Gasteiger partial charge in [0.25, 0.3) is 0 Å². The van der Waals surface area contributed by atoms with E-state index in [1.807, 2.05) is 36.4 Å². The number of hydrogen-bond donors (Lipinski definition) is 1. The number of ether oxygens (including phenoxy) is 1. The van der Waals surface area contributed by atoms with Gasteiger partial charge in [-0.2, -0.15) is 0 Å². The second-order valence-electron chi connectivity index (χ2n) is 4.61. The number of halogens is 2. The monoisotopic (exact) mass is 309 g/mol. The molecule has 20 heavy (non-hydrogen) atoms.